The van der Waals surface area contributed by atoms with Crippen molar-refractivity contribution >= 4 is 29.7 Å². The zero-order valence-corrected chi connectivity index (χ0v) is 14.2. The number of aromatic nitrogens is 3. The van der Waals surface area contributed by atoms with Crippen LogP contribution in [0.1, 0.15) is 20.8 Å². The van der Waals surface area contributed by atoms with E-state index in [9.17, 15) is 14.8 Å². The third-order valence-corrected chi connectivity index (χ3v) is 3.59. The molecule has 0 amide bonds. The van der Waals surface area contributed by atoms with Crippen molar-refractivity contribution in [2.24, 2.45) is 0 Å². The first kappa shape index (κ1) is 17.1. The lowest BCUT2D eigenvalue weighted by molar-refractivity contribution is 0.0547. The Hall–Kier alpha value is -2.71. The number of pyridine rings is 2. The van der Waals surface area contributed by atoms with E-state index in [0.717, 1.165) is 15.7 Å². The highest BCUT2D eigenvalue weighted by Gasteiger charge is 2.28. The molecule has 0 aliphatic carbocycles. The van der Waals surface area contributed by atoms with Crippen LogP contribution in [0.25, 0.3) is 22.0 Å². The molecule has 0 saturated heterocycles. The second-order valence-electron chi connectivity index (χ2n) is 6.61. The molecule has 0 fully saturated rings. The Labute approximate surface area is 145 Å². The summed E-state index contributed by atoms with van der Waals surface area (Å²) < 4.78 is 6.53. The van der Waals surface area contributed by atoms with E-state index in [1.54, 1.807) is 45.4 Å². The predicted molar refractivity (Wildman–Crippen MR) is 94.4 cm³/mol. The van der Waals surface area contributed by atoms with E-state index in [1.807, 2.05) is 12.1 Å². The number of nitrogens with zero attached hydrogens (tertiary/aromatic N) is 3. The zero-order valence-electron chi connectivity index (χ0n) is 14.2. The minimum Gasteiger partial charge on any atom is -0.443 e. The summed E-state index contributed by atoms with van der Waals surface area (Å²) >= 11 is 0. The lowest BCUT2D eigenvalue weighted by atomic mass is 9.86. The van der Waals surface area contributed by atoms with Gasteiger partial charge in [-0.3, -0.25) is 14.5 Å². The van der Waals surface area contributed by atoms with Gasteiger partial charge in [-0.1, -0.05) is 0 Å². The fourth-order valence-corrected chi connectivity index (χ4v) is 2.60. The summed E-state index contributed by atoms with van der Waals surface area (Å²) in [6, 6.07) is 5.19. The summed E-state index contributed by atoms with van der Waals surface area (Å²) in [6.45, 7) is 5.23. The summed E-state index contributed by atoms with van der Waals surface area (Å²) in [7, 11) is -1.83. The Morgan fingerprint density at radius 3 is 2.44 bits per heavy atom. The van der Waals surface area contributed by atoms with Crippen LogP contribution in [0.15, 0.2) is 43.0 Å². The molecule has 0 aliphatic heterocycles. The molecule has 3 aromatic heterocycles. The summed E-state index contributed by atoms with van der Waals surface area (Å²) in [6.07, 6.45) is 5.77. The van der Waals surface area contributed by atoms with Gasteiger partial charge in [-0.05, 0) is 44.5 Å². The van der Waals surface area contributed by atoms with Crippen molar-refractivity contribution < 1.29 is 19.6 Å². The SMILES string of the molecule is CC(C)(C)OC(=O)n1c(B(O)O)cc2c(-c3ccncc3)cncc21. The van der Waals surface area contributed by atoms with Gasteiger partial charge in [0.2, 0.25) is 0 Å². The fourth-order valence-electron chi connectivity index (χ4n) is 2.60. The summed E-state index contributed by atoms with van der Waals surface area (Å²) in [4.78, 5) is 20.8. The third-order valence-electron chi connectivity index (χ3n) is 3.59. The minimum atomic E-state index is -1.83. The van der Waals surface area contributed by atoms with Crippen LogP contribution in [-0.4, -0.2) is 43.4 Å². The molecular weight excluding hydrogens is 321 g/mol. The van der Waals surface area contributed by atoms with Crippen LogP contribution in [0, 0.1) is 0 Å². The maximum atomic E-state index is 12.6. The molecule has 3 rings (SSSR count). The van der Waals surface area contributed by atoms with Crippen LogP contribution in [-0.2, 0) is 4.74 Å². The van der Waals surface area contributed by atoms with E-state index >= 15 is 0 Å². The standard InChI is InChI=1S/C17H18BN3O4/c1-17(2,3)25-16(22)21-14-10-20-9-13(11-4-6-19-7-5-11)12(14)8-15(21)18(23)24/h4-10,23-24H,1-3H3. The molecule has 0 bridgehead atoms. The van der Waals surface area contributed by atoms with Crippen molar-refractivity contribution in [3.63, 3.8) is 0 Å². The van der Waals surface area contributed by atoms with Crippen LogP contribution in [0.3, 0.4) is 0 Å². The van der Waals surface area contributed by atoms with Gasteiger partial charge in [0, 0.05) is 29.5 Å². The summed E-state index contributed by atoms with van der Waals surface area (Å²) in [5.41, 5.74) is 1.35. The number of ether oxygens (including phenoxy) is 1. The molecule has 0 aliphatic rings. The molecule has 0 radical (unpaired) electrons. The van der Waals surface area contributed by atoms with Gasteiger partial charge in [0.1, 0.15) is 5.60 Å². The molecule has 0 unspecified atom stereocenters. The van der Waals surface area contributed by atoms with Crippen LogP contribution in [0.2, 0.25) is 0 Å². The van der Waals surface area contributed by atoms with Crippen molar-refractivity contribution in [1.82, 2.24) is 14.5 Å². The zero-order chi connectivity index (χ0) is 18.2. The van der Waals surface area contributed by atoms with E-state index in [2.05, 4.69) is 9.97 Å². The third kappa shape index (κ3) is 3.40. The van der Waals surface area contributed by atoms with Crippen LogP contribution in [0.4, 0.5) is 4.79 Å². The predicted octanol–water partition coefficient (Wildman–Crippen LogP) is 1.56. The first-order valence-corrected chi connectivity index (χ1v) is 7.77. The molecule has 0 aromatic carbocycles. The molecule has 8 heteroatoms. The van der Waals surface area contributed by atoms with Crippen molar-refractivity contribution in [2.75, 3.05) is 0 Å². The first-order chi connectivity index (χ1) is 11.8. The molecule has 0 spiro atoms. The Morgan fingerprint density at radius 2 is 1.84 bits per heavy atom. The number of hydrogen-bond acceptors (Lipinski definition) is 6. The smallest absolute Gasteiger partial charge is 0.443 e. The highest BCUT2D eigenvalue weighted by Crippen LogP contribution is 2.28. The monoisotopic (exact) mass is 339 g/mol. The Balaban J connectivity index is 2.23. The first-order valence-electron chi connectivity index (χ1n) is 7.77. The molecule has 128 valence electrons. The maximum Gasteiger partial charge on any atom is 0.506 e. The number of fused-ring (bicyclic) bond motifs is 1. The van der Waals surface area contributed by atoms with Crippen LogP contribution in [0.5, 0.6) is 0 Å². The molecular formula is C17H18BN3O4. The van der Waals surface area contributed by atoms with Gasteiger partial charge in [-0.15, -0.1) is 0 Å². The molecule has 0 saturated carbocycles. The highest BCUT2D eigenvalue weighted by atomic mass is 16.6. The van der Waals surface area contributed by atoms with E-state index in [1.165, 1.54) is 6.20 Å². The largest absolute Gasteiger partial charge is 0.506 e. The number of hydrogen-bond donors (Lipinski definition) is 2. The van der Waals surface area contributed by atoms with Gasteiger partial charge >= 0.3 is 13.2 Å². The normalized spacial score (nSPS) is 11.6. The molecule has 3 aromatic rings. The molecule has 2 N–H and O–H groups in total. The Morgan fingerprint density at radius 1 is 1.16 bits per heavy atom. The molecule has 0 atom stereocenters. The van der Waals surface area contributed by atoms with E-state index in [0.29, 0.717) is 10.9 Å². The second kappa shape index (κ2) is 6.31. The number of carbonyl (C=O) groups is 1. The van der Waals surface area contributed by atoms with Crippen molar-refractivity contribution in [1.29, 1.82) is 0 Å². The molecule has 25 heavy (non-hydrogen) atoms. The number of rotatable bonds is 2. The fraction of sp³-hybridized carbons (Fsp3) is 0.235. The Kier molecular flexibility index (Phi) is 4.32. The maximum absolute atomic E-state index is 12.6. The van der Waals surface area contributed by atoms with E-state index in [4.69, 9.17) is 4.74 Å². The van der Waals surface area contributed by atoms with Gasteiger partial charge in [0.25, 0.3) is 0 Å². The van der Waals surface area contributed by atoms with Gasteiger partial charge in [0.15, 0.2) is 0 Å². The van der Waals surface area contributed by atoms with Gasteiger partial charge in [0.05, 0.1) is 17.3 Å². The van der Waals surface area contributed by atoms with Gasteiger partial charge < -0.3 is 14.8 Å². The van der Waals surface area contributed by atoms with Gasteiger partial charge in [-0.25, -0.2) is 4.79 Å². The Bertz CT molecular complexity index is 917. The lowest BCUT2D eigenvalue weighted by Gasteiger charge is -2.20. The van der Waals surface area contributed by atoms with Gasteiger partial charge in [-0.2, -0.15) is 0 Å². The quantitative estimate of drug-likeness (QED) is 0.688. The number of carbonyl (C=O) groups excluding carboxylic acids is 1. The minimum absolute atomic E-state index is 0.0209. The van der Waals surface area contributed by atoms with Crippen molar-refractivity contribution in [3.05, 3.63) is 43.0 Å². The average Bonchev–Trinajstić information content (AvgIpc) is 2.94. The molecule has 7 nitrogen and oxygen atoms in total. The highest BCUT2D eigenvalue weighted by molar-refractivity contribution is 6.59. The van der Waals surface area contributed by atoms with Crippen LogP contribution < -0.4 is 5.59 Å². The average molecular weight is 339 g/mol. The van der Waals surface area contributed by atoms with Crippen molar-refractivity contribution in [2.45, 2.75) is 26.4 Å². The molecule has 3 heterocycles. The summed E-state index contributed by atoms with van der Waals surface area (Å²) in [5.74, 6) is 0. The van der Waals surface area contributed by atoms with E-state index < -0.39 is 18.8 Å². The van der Waals surface area contributed by atoms with Crippen molar-refractivity contribution in [3.8, 4) is 11.1 Å². The second-order valence-corrected chi connectivity index (χ2v) is 6.61. The van der Waals surface area contributed by atoms with Crippen LogP contribution >= 0.6 is 0 Å². The topological polar surface area (TPSA) is 97.5 Å². The van der Waals surface area contributed by atoms with E-state index in [-0.39, 0.29) is 5.59 Å². The summed E-state index contributed by atoms with van der Waals surface area (Å²) in [5, 5.41) is 20.1. The lowest BCUT2D eigenvalue weighted by Crippen LogP contribution is -2.41.